The predicted molar refractivity (Wildman–Crippen MR) is 207 cm³/mol. The van der Waals surface area contributed by atoms with Crippen molar-refractivity contribution < 1.29 is 8.83 Å². The fourth-order valence-electron chi connectivity index (χ4n) is 6.90. The molecule has 0 atom stereocenters. The highest BCUT2D eigenvalue weighted by Crippen LogP contribution is 2.38. The maximum Gasteiger partial charge on any atom is 0.227 e. The second kappa shape index (κ2) is 12.3. The monoisotopic (exact) mass is 668 g/mol. The van der Waals surface area contributed by atoms with Crippen molar-refractivity contribution in [1.82, 2.24) is 19.9 Å². The topological polar surface area (TPSA) is 77.8 Å². The quantitative estimate of drug-likeness (QED) is 0.175. The Hall–Kier alpha value is -7.18. The first-order valence-electron chi connectivity index (χ1n) is 17.1. The Kier molecular flexibility index (Phi) is 7.03. The molecule has 0 N–H and O–H groups in total. The Morgan fingerprint density at radius 2 is 0.865 bits per heavy atom. The van der Waals surface area contributed by atoms with Gasteiger partial charge in [-0.15, -0.1) is 0 Å². The fourth-order valence-corrected chi connectivity index (χ4v) is 6.90. The van der Waals surface area contributed by atoms with Crippen LogP contribution in [0.25, 0.3) is 101 Å². The molecular formula is C46H28N4O2. The summed E-state index contributed by atoms with van der Waals surface area (Å²) in [5.74, 6) is 2.30. The van der Waals surface area contributed by atoms with Gasteiger partial charge >= 0.3 is 0 Å². The van der Waals surface area contributed by atoms with Crippen LogP contribution in [0.15, 0.2) is 179 Å². The van der Waals surface area contributed by atoms with Gasteiger partial charge in [-0.2, -0.15) is 0 Å². The third-order valence-electron chi connectivity index (χ3n) is 9.38. The van der Waals surface area contributed by atoms with Crippen molar-refractivity contribution >= 4 is 33.0 Å². The van der Waals surface area contributed by atoms with E-state index in [2.05, 4.69) is 60.7 Å². The first-order chi connectivity index (χ1) is 25.7. The molecule has 0 aliphatic carbocycles. The molecule has 10 rings (SSSR count). The molecule has 0 radical (unpaired) electrons. The lowest BCUT2D eigenvalue weighted by atomic mass is 10.0. The van der Waals surface area contributed by atoms with Gasteiger partial charge in [-0.25, -0.2) is 19.9 Å². The normalized spacial score (nSPS) is 11.5. The first kappa shape index (κ1) is 29.7. The van der Waals surface area contributed by atoms with Gasteiger partial charge in [-0.1, -0.05) is 127 Å². The van der Waals surface area contributed by atoms with Crippen molar-refractivity contribution in [2.75, 3.05) is 0 Å². The summed E-state index contributed by atoms with van der Waals surface area (Å²) < 4.78 is 12.5. The van der Waals surface area contributed by atoms with Gasteiger partial charge in [0.2, 0.25) is 5.89 Å². The summed E-state index contributed by atoms with van der Waals surface area (Å²) in [6, 6.07) is 57.1. The molecule has 0 saturated heterocycles. The Morgan fingerprint density at radius 3 is 1.63 bits per heavy atom. The highest BCUT2D eigenvalue weighted by atomic mass is 16.3. The number of furan rings is 1. The lowest BCUT2D eigenvalue weighted by molar-refractivity contribution is 0.620. The number of rotatable bonds is 6. The van der Waals surface area contributed by atoms with Crippen LogP contribution in [-0.2, 0) is 0 Å². The minimum absolute atomic E-state index is 0.564. The van der Waals surface area contributed by atoms with Crippen LogP contribution in [0.2, 0.25) is 0 Å². The van der Waals surface area contributed by atoms with Gasteiger partial charge in [0.25, 0.3) is 0 Å². The zero-order chi connectivity index (χ0) is 34.4. The molecule has 7 aromatic carbocycles. The number of fused-ring (bicyclic) bond motifs is 4. The van der Waals surface area contributed by atoms with E-state index >= 15 is 0 Å². The smallest absolute Gasteiger partial charge is 0.227 e. The Bertz CT molecular complexity index is 2910. The van der Waals surface area contributed by atoms with Gasteiger partial charge in [-0.05, 0) is 59.2 Å². The van der Waals surface area contributed by atoms with Crippen molar-refractivity contribution in [3.8, 4) is 67.9 Å². The molecule has 0 unspecified atom stereocenters. The summed E-state index contributed by atoms with van der Waals surface area (Å²) in [6.07, 6.45) is 0. The molecule has 10 aromatic rings. The van der Waals surface area contributed by atoms with E-state index in [0.29, 0.717) is 23.4 Å². The number of para-hydroxylation sites is 2. The van der Waals surface area contributed by atoms with Gasteiger partial charge in [0, 0.05) is 38.6 Å². The van der Waals surface area contributed by atoms with Crippen molar-refractivity contribution in [2.24, 2.45) is 0 Å². The molecule has 0 spiro atoms. The molecule has 0 aliphatic rings. The number of oxazole rings is 1. The van der Waals surface area contributed by atoms with E-state index in [9.17, 15) is 0 Å². The lowest BCUT2D eigenvalue weighted by Crippen LogP contribution is -2.00. The summed E-state index contributed by atoms with van der Waals surface area (Å²) in [5.41, 5.74) is 10.8. The maximum absolute atomic E-state index is 6.25. The van der Waals surface area contributed by atoms with Crippen LogP contribution in [0.1, 0.15) is 0 Å². The van der Waals surface area contributed by atoms with E-state index in [1.807, 2.05) is 109 Å². The molecule has 6 nitrogen and oxygen atoms in total. The van der Waals surface area contributed by atoms with Gasteiger partial charge < -0.3 is 8.83 Å². The third-order valence-corrected chi connectivity index (χ3v) is 9.38. The molecule has 244 valence electrons. The predicted octanol–water partition coefficient (Wildman–Crippen LogP) is 11.9. The molecule has 0 saturated carbocycles. The van der Waals surface area contributed by atoms with Crippen LogP contribution in [0.4, 0.5) is 0 Å². The molecule has 0 bridgehead atoms. The van der Waals surface area contributed by atoms with Crippen molar-refractivity contribution in [3.05, 3.63) is 170 Å². The Morgan fingerprint density at radius 1 is 0.327 bits per heavy atom. The van der Waals surface area contributed by atoms with Crippen molar-refractivity contribution in [1.29, 1.82) is 0 Å². The Balaban J connectivity index is 1.15. The van der Waals surface area contributed by atoms with Crippen LogP contribution in [-0.4, -0.2) is 19.9 Å². The molecule has 3 heterocycles. The van der Waals surface area contributed by atoms with E-state index in [1.54, 1.807) is 0 Å². The fraction of sp³-hybridized carbons (Fsp3) is 0. The van der Waals surface area contributed by atoms with Crippen molar-refractivity contribution in [2.45, 2.75) is 0 Å². The molecule has 0 fully saturated rings. The average molecular weight is 669 g/mol. The molecule has 0 aliphatic heterocycles. The Labute approximate surface area is 298 Å². The van der Waals surface area contributed by atoms with Gasteiger partial charge in [0.05, 0.1) is 0 Å². The molecule has 0 amide bonds. The zero-order valence-electron chi connectivity index (χ0n) is 27.8. The SMILES string of the molecule is c1ccc(-c2cccc(-c3nc(-c4cccc(-c5cccc6oc(-c7ccccc7)nc56)c4)nc(-c4cccc5oc6ccccc6c45)n3)c2)cc1. The summed E-state index contributed by atoms with van der Waals surface area (Å²) in [6.45, 7) is 0. The highest BCUT2D eigenvalue weighted by molar-refractivity contribution is 6.11. The van der Waals surface area contributed by atoms with E-state index in [4.69, 9.17) is 28.8 Å². The highest BCUT2D eigenvalue weighted by Gasteiger charge is 2.19. The summed E-state index contributed by atoms with van der Waals surface area (Å²) in [7, 11) is 0. The second-order valence-corrected chi connectivity index (χ2v) is 12.6. The van der Waals surface area contributed by atoms with E-state index in [-0.39, 0.29) is 0 Å². The minimum Gasteiger partial charge on any atom is -0.456 e. The number of benzene rings is 7. The average Bonchev–Trinajstić information content (AvgIpc) is 3.84. The number of hydrogen-bond acceptors (Lipinski definition) is 6. The lowest BCUT2D eigenvalue weighted by Gasteiger charge is -2.11. The summed E-state index contributed by atoms with van der Waals surface area (Å²) in [4.78, 5) is 20.4. The van der Waals surface area contributed by atoms with E-state index < -0.39 is 0 Å². The van der Waals surface area contributed by atoms with Gasteiger partial charge in [-0.3, -0.25) is 0 Å². The van der Waals surface area contributed by atoms with Crippen LogP contribution < -0.4 is 0 Å². The van der Waals surface area contributed by atoms with Gasteiger partial charge in [0.1, 0.15) is 16.7 Å². The van der Waals surface area contributed by atoms with E-state index in [1.165, 1.54) is 0 Å². The zero-order valence-corrected chi connectivity index (χ0v) is 27.8. The van der Waals surface area contributed by atoms with Crippen molar-refractivity contribution in [3.63, 3.8) is 0 Å². The maximum atomic E-state index is 6.25. The molecule has 52 heavy (non-hydrogen) atoms. The minimum atomic E-state index is 0.564. The summed E-state index contributed by atoms with van der Waals surface area (Å²) in [5, 5.41) is 1.99. The number of aromatic nitrogens is 4. The summed E-state index contributed by atoms with van der Waals surface area (Å²) >= 11 is 0. The molecule has 6 heteroatoms. The number of hydrogen-bond donors (Lipinski definition) is 0. The van der Waals surface area contributed by atoms with Crippen LogP contribution >= 0.6 is 0 Å². The third kappa shape index (κ3) is 5.22. The van der Waals surface area contributed by atoms with E-state index in [0.717, 1.165) is 77.5 Å². The standard InChI is InChI=1S/C46H28N4O2/c1-3-13-29(14-4-1)31-17-9-19-33(27-31)43-48-44(50-45(49-43)37-23-12-25-39-41(37)36-21-7-8-24-38(36)51-39)34-20-10-18-32(28-34)35-22-11-26-40-42(35)47-46(52-40)30-15-5-2-6-16-30/h1-28H. The molecule has 3 aromatic heterocycles. The second-order valence-electron chi connectivity index (χ2n) is 12.6. The molecular weight excluding hydrogens is 641 g/mol. The first-order valence-corrected chi connectivity index (χ1v) is 17.1. The van der Waals surface area contributed by atoms with Crippen LogP contribution in [0.3, 0.4) is 0 Å². The van der Waals surface area contributed by atoms with Gasteiger partial charge in [0.15, 0.2) is 23.1 Å². The largest absolute Gasteiger partial charge is 0.456 e. The van der Waals surface area contributed by atoms with Crippen LogP contribution in [0.5, 0.6) is 0 Å². The van der Waals surface area contributed by atoms with Crippen LogP contribution in [0, 0.1) is 0 Å². The number of nitrogens with zero attached hydrogens (tertiary/aromatic N) is 4.